The molecular formula is C9H13N2O2. The van der Waals surface area contributed by atoms with Crippen molar-refractivity contribution in [2.24, 2.45) is 0 Å². The van der Waals surface area contributed by atoms with E-state index in [0.717, 1.165) is 26.1 Å². The molecule has 1 saturated heterocycles. The molecule has 1 unspecified atom stereocenters. The first-order chi connectivity index (χ1) is 6.40. The van der Waals surface area contributed by atoms with Crippen LogP contribution in [0.15, 0.2) is 6.20 Å². The molecule has 1 fully saturated rings. The van der Waals surface area contributed by atoms with Gasteiger partial charge in [0, 0.05) is 12.8 Å². The van der Waals surface area contributed by atoms with Crippen molar-refractivity contribution in [3.63, 3.8) is 0 Å². The van der Waals surface area contributed by atoms with Crippen molar-refractivity contribution in [1.29, 1.82) is 0 Å². The molecule has 4 nitrogen and oxygen atoms in total. The summed E-state index contributed by atoms with van der Waals surface area (Å²) in [7, 11) is 1.60. The number of hydrogen-bond donors (Lipinski definition) is 0. The summed E-state index contributed by atoms with van der Waals surface area (Å²) >= 11 is 0. The van der Waals surface area contributed by atoms with Crippen LogP contribution in [0.3, 0.4) is 0 Å². The van der Waals surface area contributed by atoms with E-state index in [1.165, 1.54) is 0 Å². The molecule has 2 rings (SSSR count). The highest BCUT2D eigenvalue weighted by molar-refractivity contribution is 5.03. The number of aromatic nitrogens is 2. The highest BCUT2D eigenvalue weighted by Gasteiger charge is 2.16. The molecule has 0 bridgehead atoms. The topological polar surface area (TPSA) is 36.3 Å². The largest absolute Gasteiger partial charge is 0.479 e. The second-order valence-electron chi connectivity index (χ2n) is 3.13. The maximum Gasteiger partial charge on any atom is 0.240 e. The van der Waals surface area contributed by atoms with E-state index in [1.807, 2.05) is 10.9 Å². The predicted octanol–water partition coefficient (Wildman–Crippen LogP) is 1.04. The summed E-state index contributed by atoms with van der Waals surface area (Å²) in [6.07, 6.45) is 4.05. The van der Waals surface area contributed by atoms with Gasteiger partial charge in [0.15, 0.2) is 0 Å². The second-order valence-corrected chi connectivity index (χ2v) is 3.13. The molecule has 1 atom stereocenters. The lowest BCUT2D eigenvalue weighted by Gasteiger charge is -2.21. The fraction of sp³-hybridized carbons (Fsp3) is 0.667. The lowest BCUT2D eigenvalue weighted by Crippen LogP contribution is -2.21. The summed E-state index contributed by atoms with van der Waals surface area (Å²) in [5, 5.41) is 4.21. The van der Waals surface area contributed by atoms with Crippen LogP contribution in [-0.2, 0) is 4.74 Å². The SMILES string of the molecule is COc1[c]cn(C2CCCOC2)n1. The molecule has 4 heteroatoms. The molecule has 1 aromatic heterocycles. The van der Waals surface area contributed by atoms with Crippen molar-refractivity contribution < 1.29 is 9.47 Å². The van der Waals surface area contributed by atoms with E-state index in [4.69, 9.17) is 9.47 Å². The Morgan fingerprint density at radius 3 is 3.31 bits per heavy atom. The van der Waals surface area contributed by atoms with Crippen molar-refractivity contribution in [2.75, 3.05) is 20.3 Å². The smallest absolute Gasteiger partial charge is 0.240 e. The zero-order valence-corrected chi connectivity index (χ0v) is 7.69. The van der Waals surface area contributed by atoms with Crippen LogP contribution >= 0.6 is 0 Å². The molecule has 0 saturated carbocycles. The van der Waals surface area contributed by atoms with Gasteiger partial charge in [-0.15, -0.1) is 5.10 Å². The van der Waals surface area contributed by atoms with Crippen LogP contribution in [0.4, 0.5) is 0 Å². The molecule has 1 aromatic rings. The molecule has 0 amide bonds. The van der Waals surface area contributed by atoms with Gasteiger partial charge in [0.05, 0.1) is 25.8 Å². The van der Waals surface area contributed by atoms with Gasteiger partial charge in [-0.05, 0) is 12.8 Å². The number of rotatable bonds is 2. The fourth-order valence-corrected chi connectivity index (χ4v) is 1.50. The maximum absolute atomic E-state index is 5.36. The Morgan fingerprint density at radius 2 is 2.69 bits per heavy atom. The average Bonchev–Trinajstić information content (AvgIpc) is 2.67. The quantitative estimate of drug-likeness (QED) is 0.684. The molecule has 2 heterocycles. The van der Waals surface area contributed by atoms with Crippen LogP contribution in [-0.4, -0.2) is 30.1 Å². The monoisotopic (exact) mass is 181 g/mol. The Bertz CT molecular complexity index is 266. The van der Waals surface area contributed by atoms with Crippen molar-refractivity contribution in [3.8, 4) is 5.88 Å². The van der Waals surface area contributed by atoms with Crippen molar-refractivity contribution in [1.82, 2.24) is 9.78 Å². The first kappa shape index (κ1) is 8.56. The third-order valence-electron chi connectivity index (χ3n) is 2.23. The van der Waals surface area contributed by atoms with Crippen LogP contribution < -0.4 is 4.74 Å². The van der Waals surface area contributed by atoms with Crippen LogP contribution in [0.1, 0.15) is 18.9 Å². The second kappa shape index (κ2) is 3.79. The third-order valence-corrected chi connectivity index (χ3v) is 2.23. The summed E-state index contributed by atoms with van der Waals surface area (Å²) in [4.78, 5) is 0. The highest BCUT2D eigenvalue weighted by atomic mass is 16.5. The Morgan fingerprint density at radius 1 is 1.77 bits per heavy atom. The summed E-state index contributed by atoms with van der Waals surface area (Å²) in [5.74, 6) is 0.547. The van der Waals surface area contributed by atoms with Crippen LogP contribution in [0.5, 0.6) is 5.88 Å². The minimum absolute atomic E-state index is 0.355. The van der Waals surface area contributed by atoms with Crippen LogP contribution in [0.2, 0.25) is 0 Å². The molecule has 1 aliphatic rings. The van der Waals surface area contributed by atoms with Gasteiger partial charge in [0.25, 0.3) is 0 Å². The Hall–Kier alpha value is -1.03. The number of ether oxygens (including phenoxy) is 2. The Kier molecular flexibility index (Phi) is 2.49. The molecule has 71 valence electrons. The average molecular weight is 181 g/mol. The lowest BCUT2D eigenvalue weighted by molar-refractivity contribution is 0.0545. The summed E-state index contributed by atoms with van der Waals surface area (Å²) in [6.45, 7) is 1.62. The molecule has 0 aliphatic carbocycles. The standard InChI is InChI=1S/C9H13N2O2/c1-12-9-4-5-11(10-9)8-3-2-6-13-7-8/h5,8H,2-3,6-7H2,1H3. The zero-order valence-electron chi connectivity index (χ0n) is 7.69. The molecule has 1 radical (unpaired) electrons. The summed E-state index contributed by atoms with van der Waals surface area (Å²) in [5.41, 5.74) is 0. The van der Waals surface area contributed by atoms with Gasteiger partial charge >= 0.3 is 0 Å². The molecule has 0 aromatic carbocycles. The summed E-state index contributed by atoms with van der Waals surface area (Å²) in [6, 6.07) is 3.28. The normalized spacial score (nSPS) is 23.0. The minimum Gasteiger partial charge on any atom is -0.479 e. The molecule has 0 N–H and O–H groups in total. The molecule has 13 heavy (non-hydrogen) atoms. The Balaban J connectivity index is 2.05. The van der Waals surface area contributed by atoms with E-state index in [2.05, 4.69) is 11.2 Å². The van der Waals surface area contributed by atoms with Crippen LogP contribution in [0.25, 0.3) is 0 Å². The van der Waals surface area contributed by atoms with E-state index >= 15 is 0 Å². The first-order valence-electron chi connectivity index (χ1n) is 4.48. The zero-order chi connectivity index (χ0) is 9.10. The van der Waals surface area contributed by atoms with E-state index in [1.54, 1.807) is 7.11 Å². The Labute approximate surface area is 77.4 Å². The van der Waals surface area contributed by atoms with E-state index in [-0.39, 0.29) is 0 Å². The minimum atomic E-state index is 0.355. The number of nitrogens with zero attached hydrogens (tertiary/aromatic N) is 2. The summed E-state index contributed by atoms with van der Waals surface area (Å²) < 4.78 is 12.2. The third kappa shape index (κ3) is 1.83. The lowest BCUT2D eigenvalue weighted by atomic mass is 10.1. The van der Waals surface area contributed by atoms with Gasteiger partial charge in [-0.25, -0.2) is 0 Å². The van der Waals surface area contributed by atoms with E-state index in [0.29, 0.717) is 11.9 Å². The van der Waals surface area contributed by atoms with Crippen LogP contribution in [0, 0.1) is 6.07 Å². The maximum atomic E-state index is 5.36. The van der Waals surface area contributed by atoms with Crippen molar-refractivity contribution >= 4 is 0 Å². The van der Waals surface area contributed by atoms with Crippen molar-refractivity contribution in [2.45, 2.75) is 18.9 Å². The van der Waals surface area contributed by atoms with E-state index in [9.17, 15) is 0 Å². The van der Waals surface area contributed by atoms with Gasteiger partial charge < -0.3 is 9.47 Å². The number of methoxy groups -OCH3 is 1. The fourth-order valence-electron chi connectivity index (χ4n) is 1.50. The van der Waals surface area contributed by atoms with Gasteiger partial charge in [-0.1, -0.05) is 0 Å². The van der Waals surface area contributed by atoms with Gasteiger partial charge in [0.1, 0.15) is 0 Å². The van der Waals surface area contributed by atoms with E-state index < -0.39 is 0 Å². The predicted molar refractivity (Wildman–Crippen MR) is 46.7 cm³/mol. The number of hydrogen-bond acceptors (Lipinski definition) is 3. The van der Waals surface area contributed by atoms with Gasteiger partial charge in [-0.2, -0.15) is 0 Å². The molecule has 0 spiro atoms. The molecule has 1 aliphatic heterocycles. The van der Waals surface area contributed by atoms with Gasteiger partial charge in [-0.3, -0.25) is 4.68 Å². The highest BCUT2D eigenvalue weighted by Crippen LogP contribution is 2.19. The molecular weight excluding hydrogens is 168 g/mol. The van der Waals surface area contributed by atoms with Gasteiger partial charge in [0.2, 0.25) is 5.88 Å². The first-order valence-corrected chi connectivity index (χ1v) is 4.48. The van der Waals surface area contributed by atoms with Crippen molar-refractivity contribution in [3.05, 3.63) is 12.3 Å².